The van der Waals surface area contributed by atoms with Gasteiger partial charge in [0.15, 0.2) is 11.5 Å². The third-order valence-electron chi connectivity index (χ3n) is 3.06. The van der Waals surface area contributed by atoms with E-state index in [1.807, 2.05) is 12.1 Å². The molecule has 0 spiro atoms. The molecule has 0 atom stereocenters. The molecule has 0 saturated carbocycles. The topological polar surface area (TPSA) is 56.8 Å². The second-order valence-corrected chi connectivity index (χ2v) is 4.12. The van der Waals surface area contributed by atoms with Gasteiger partial charge in [0.05, 0.1) is 7.11 Å². The van der Waals surface area contributed by atoms with Crippen LogP contribution in [0.4, 0.5) is 0 Å². The van der Waals surface area contributed by atoms with Crippen molar-refractivity contribution in [3.05, 3.63) is 29.3 Å². The molecule has 0 amide bonds. The van der Waals surface area contributed by atoms with Crippen LogP contribution in [0, 0.1) is 0 Å². The Labute approximate surface area is 104 Å². The number of nitrogens with one attached hydrogen (secondary N) is 1. The number of carbonyl (C=O) groups excluding carboxylic acids is 1. The molecular weight excluding hydrogens is 234 g/mol. The first-order valence-corrected chi connectivity index (χ1v) is 5.74. The molecule has 5 nitrogen and oxygen atoms in total. The number of methoxy groups -OCH3 is 1. The quantitative estimate of drug-likeness (QED) is 0.594. The highest BCUT2D eigenvalue weighted by atomic mass is 16.7. The Bertz CT molecular complexity index is 536. The van der Waals surface area contributed by atoms with E-state index in [2.05, 4.69) is 10.1 Å². The number of ether oxygens (including phenoxy) is 3. The fourth-order valence-corrected chi connectivity index (χ4v) is 2.17. The Hall–Kier alpha value is -2.17. The van der Waals surface area contributed by atoms with Crippen LogP contribution in [0.2, 0.25) is 0 Å². The number of hydrogen-bond donors (Lipinski definition) is 1. The number of carbonyl (C=O) groups is 1. The van der Waals surface area contributed by atoms with E-state index < -0.39 is 0 Å². The molecular formula is C13H13NO4. The van der Waals surface area contributed by atoms with Gasteiger partial charge in [-0.1, -0.05) is 0 Å². The van der Waals surface area contributed by atoms with Gasteiger partial charge in [0, 0.05) is 23.9 Å². The average Bonchev–Trinajstić information content (AvgIpc) is 2.83. The Morgan fingerprint density at radius 2 is 2.17 bits per heavy atom. The molecule has 0 saturated heterocycles. The Kier molecular flexibility index (Phi) is 2.59. The van der Waals surface area contributed by atoms with Gasteiger partial charge in [0.2, 0.25) is 6.79 Å². The van der Waals surface area contributed by atoms with E-state index in [0.717, 1.165) is 35.5 Å². The van der Waals surface area contributed by atoms with Gasteiger partial charge in [-0.3, -0.25) is 0 Å². The van der Waals surface area contributed by atoms with Crippen LogP contribution < -0.4 is 14.8 Å². The molecule has 0 fully saturated rings. The van der Waals surface area contributed by atoms with Crippen molar-refractivity contribution in [3.8, 4) is 11.5 Å². The summed E-state index contributed by atoms with van der Waals surface area (Å²) in [6.07, 6.45) is 2.35. The van der Waals surface area contributed by atoms with Crippen LogP contribution in [-0.4, -0.2) is 26.4 Å². The smallest absolute Gasteiger partial charge is 0.332 e. The lowest BCUT2D eigenvalue weighted by Gasteiger charge is -2.21. The van der Waals surface area contributed by atoms with E-state index >= 15 is 0 Å². The zero-order chi connectivity index (χ0) is 12.5. The van der Waals surface area contributed by atoms with Gasteiger partial charge in [-0.25, -0.2) is 4.79 Å². The average molecular weight is 247 g/mol. The van der Waals surface area contributed by atoms with Crippen molar-refractivity contribution in [2.75, 3.05) is 20.4 Å². The lowest BCUT2D eigenvalue weighted by molar-refractivity contribution is -0.134. The maximum absolute atomic E-state index is 11.3. The SMILES string of the molecule is COC(=O)/C=C1\NCCc2cc3c(cc21)OCO3. The first-order chi connectivity index (χ1) is 8.78. The fourth-order valence-electron chi connectivity index (χ4n) is 2.17. The van der Waals surface area contributed by atoms with Crippen molar-refractivity contribution < 1.29 is 19.0 Å². The van der Waals surface area contributed by atoms with Crippen molar-refractivity contribution in [2.45, 2.75) is 6.42 Å². The summed E-state index contributed by atoms with van der Waals surface area (Å²) in [4.78, 5) is 11.3. The van der Waals surface area contributed by atoms with Crippen molar-refractivity contribution in [2.24, 2.45) is 0 Å². The van der Waals surface area contributed by atoms with E-state index in [-0.39, 0.29) is 12.8 Å². The number of rotatable bonds is 1. The zero-order valence-electron chi connectivity index (χ0n) is 9.99. The molecule has 0 aliphatic carbocycles. The monoisotopic (exact) mass is 247 g/mol. The van der Waals surface area contributed by atoms with E-state index in [1.165, 1.54) is 13.2 Å². The molecule has 94 valence electrons. The minimum atomic E-state index is -0.372. The summed E-state index contributed by atoms with van der Waals surface area (Å²) >= 11 is 0. The number of benzene rings is 1. The molecule has 0 unspecified atom stereocenters. The maximum atomic E-state index is 11.3. The molecule has 2 aliphatic heterocycles. The minimum Gasteiger partial charge on any atom is -0.466 e. The van der Waals surface area contributed by atoms with Crippen LogP contribution in [0.5, 0.6) is 11.5 Å². The summed E-state index contributed by atoms with van der Waals surface area (Å²) in [5, 5.41) is 3.20. The van der Waals surface area contributed by atoms with Gasteiger partial charge < -0.3 is 19.5 Å². The molecule has 5 heteroatoms. The molecule has 18 heavy (non-hydrogen) atoms. The number of hydrogen-bond acceptors (Lipinski definition) is 5. The van der Waals surface area contributed by atoms with Gasteiger partial charge in [-0.15, -0.1) is 0 Å². The van der Waals surface area contributed by atoms with E-state index in [1.54, 1.807) is 0 Å². The third kappa shape index (κ3) is 1.77. The van der Waals surface area contributed by atoms with Crippen LogP contribution in [0.25, 0.3) is 5.70 Å². The summed E-state index contributed by atoms with van der Waals surface area (Å²) in [7, 11) is 1.36. The molecule has 0 aromatic heterocycles. The van der Waals surface area contributed by atoms with Crippen molar-refractivity contribution in [1.82, 2.24) is 5.32 Å². The van der Waals surface area contributed by atoms with Crippen LogP contribution >= 0.6 is 0 Å². The Morgan fingerprint density at radius 3 is 2.94 bits per heavy atom. The fraction of sp³-hybridized carbons (Fsp3) is 0.308. The lowest BCUT2D eigenvalue weighted by Crippen LogP contribution is -2.23. The van der Waals surface area contributed by atoms with E-state index in [0.29, 0.717) is 5.75 Å². The highest BCUT2D eigenvalue weighted by Gasteiger charge is 2.21. The van der Waals surface area contributed by atoms with Crippen LogP contribution in [0.1, 0.15) is 11.1 Å². The van der Waals surface area contributed by atoms with Crippen molar-refractivity contribution in [3.63, 3.8) is 0 Å². The van der Waals surface area contributed by atoms with E-state index in [4.69, 9.17) is 9.47 Å². The maximum Gasteiger partial charge on any atom is 0.332 e. The first kappa shape index (κ1) is 11.0. The van der Waals surface area contributed by atoms with Crippen molar-refractivity contribution >= 4 is 11.7 Å². The van der Waals surface area contributed by atoms with Gasteiger partial charge in [0.25, 0.3) is 0 Å². The molecule has 0 bridgehead atoms. The van der Waals surface area contributed by atoms with Gasteiger partial charge >= 0.3 is 5.97 Å². The minimum absolute atomic E-state index is 0.252. The number of fused-ring (bicyclic) bond motifs is 2. The van der Waals surface area contributed by atoms with Gasteiger partial charge in [-0.2, -0.15) is 0 Å². The molecule has 2 heterocycles. The highest BCUT2D eigenvalue weighted by Crippen LogP contribution is 2.37. The van der Waals surface area contributed by atoms with Crippen LogP contribution in [0.3, 0.4) is 0 Å². The number of esters is 1. The van der Waals surface area contributed by atoms with Gasteiger partial charge in [-0.05, 0) is 24.1 Å². The summed E-state index contributed by atoms with van der Waals surface area (Å²) in [6, 6.07) is 3.88. The first-order valence-electron chi connectivity index (χ1n) is 5.74. The molecule has 1 N–H and O–H groups in total. The molecule has 0 radical (unpaired) electrons. The summed E-state index contributed by atoms with van der Waals surface area (Å²) in [5.41, 5.74) is 2.88. The predicted molar refractivity (Wildman–Crippen MR) is 64.3 cm³/mol. The Balaban J connectivity index is 2.05. The standard InChI is InChI=1S/C13H13NO4/c1-16-13(15)6-10-9-5-12-11(17-7-18-12)4-8(9)2-3-14-10/h4-6,14H,2-3,7H2,1H3/b10-6-. The summed E-state index contributed by atoms with van der Waals surface area (Å²) in [5.74, 6) is 1.12. The van der Waals surface area contributed by atoms with E-state index in [9.17, 15) is 4.79 Å². The van der Waals surface area contributed by atoms with Gasteiger partial charge in [0.1, 0.15) is 0 Å². The molecule has 2 aliphatic rings. The second-order valence-electron chi connectivity index (χ2n) is 4.12. The van der Waals surface area contributed by atoms with Crippen LogP contribution in [0.15, 0.2) is 18.2 Å². The normalized spacial score (nSPS) is 18.2. The molecule has 3 rings (SSSR count). The third-order valence-corrected chi connectivity index (χ3v) is 3.06. The van der Waals surface area contributed by atoms with Crippen LogP contribution in [-0.2, 0) is 16.0 Å². The second kappa shape index (κ2) is 4.25. The summed E-state index contributed by atoms with van der Waals surface area (Å²) in [6.45, 7) is 1.04. The van der Waals surface area contributed by atoms with Crippen molar-refractivity contribution in [1.29, 1.82) is 0 Å². The molecule has 1 aromatic carbocycles. The highest BCUT2D eigenvalue weighted by molar-refractivity contribution is 5.92. The largest absolute Gasteiger partial charge is 0.466 e. The summed E-state index contributed by atoms with van der Waals surface area (Å²) < 4.78 is 15.3. The lowest BCUT2D eigenvalue weighted by atomic mass is 9.97. The molecule has 1 aromatic rings. The Morgan fingerprint density at radius 1 is 1.39 bits per heavy atom. The predicted octanol–water partition coefficient (Wildman–Crippen LogP) is 1.07. The zero-order valence-corrected chi connectivity index (χ0v) is 9.99.